The Morgan fingerprint density at radius 2 is 1.91 bits per heavy atom. The average molecular weight is 331 g/mol. The topological polar surface area (TPSA) is 39.9 Å². The lowest BCUT2D eigenvalue weighted by atomic mass is 9.87. The van der Waals surface area contributed by atoms with Gasteiger partial charge in [-0.05, 0) is 11.0 Å². The van der Waals surface area contributed by atoms with Gasteiger partial charge < -0.3 is 4.74 Å². The van der Waals surface area contributed by atoms with Gasteiger partial charge in [0.25, 0.3) is 0 Å². The normalized spacial score (nSPS) is 11.7. The van der Waals surface area contributed by atoms with Gasteiger partial charge >= 0.3 is 0 Å². The number of allylic oxidation sites excluding steroid dienone is 1. The Bertz CT molecular complexity index is 641. The molecule has 0 aliphatic heterocycles. The van der Waals surface area contributed by atoms with Crippen molar-refractivity contribution in [2.45, 2.75) is 37.9 Å². The predicted octanol–water partition coefficient (Wildman–Crippen LogP) is 4.17. The average Bonchev–Trinajstić information content (AvgIpc) is 2.90. The summed E-state index contributed by atoms with van der Waals surface area (Å²) < 4.78 is 7.20. The number of methoxy groups -OCH3 is 1. The molecule has 0 aliphatic rings. The molecular formula is C18H25N3OS. The molecule has 1 aromatic carbocycles. The van der Waals surface area contributed by atoms with Crippen LogP contribution in [0.4, 0.5) is 0 Å². The molecule has 23 heavy (non-hydrogen) atoms. The fourth-order valence-electron chi connectivity index (χ4n) is 2.24. The van der Waals surface area contributed by atoms with Crippen LogP contribution in [-0.2, 0) is 16.7 Å². The van der Waals surface area contributed by atoms with Crippen LogP contribution in [0, 0.1) is 0 Å². The minimum absolute atomic E-state index is 0.147. The van der Waals surface area contributed by atoms with Crippen molar-refractivity contribution < 1.29 is 4.74 Å². The van der Waals surface area contributed by atoms with Crippen LogP contribution < -0.4 is 0 Å². The summed E-state index contributed by atoms with van der Waals surface area (Å²) in [6.45, 7) is 11.9. The number of aromatic nitrogens is 3. The van der Waals surface area contributed by atoms with Crippen molar-refractivity contribution in [2.24, 2.45) is 0 Å². The molecule has 0 aliphatic carbocycles. The van der Waals surface area contributed by atoms with Crippen molar-refractivity contribution in [1.82, 2.24) is 14.8 Å². The summed E-state index contributed by atoms with van der Waals surface area (Å²) in [5, 5.41) is 9.61. The third-order valence-electron chi connectivity index (χ3n) is 3.56. The van der Waals surface area contributed by atoms with Gasteiger partial charge in [-0.3, -0.25) is 4.57 Å². The molecule has 4 nitrogen and oxygen atoms in total. The van der Waals surface area contributed by atoms with E-state index in [0.717, 1.165) is 22.3 Å². The van der Waals surface area contributed by atoms with E-state index in [1.165, 1.54) is 5.56 Å². The molecule has 0 amide bonds. The number of thioether (sulfide) groups is 1. The Kier molecular flexibility index (Phi) is 6.02. The van der Waals surface area contributed by atoms with Crippen LogP contribution in [0.3, 0.4) is 0 Å². The van der Waals surface area contributed by atoms with E-state index < -0.39 is 0 Å². The van der Waals surface area contributed by atoms with Gasteiger partial charge in [-0.1, -0.05) is 62.9 Å². The highest BCUT2D eigenvalue weighted by molar-refractivity contribution is 7.99. The highest BCUT2D eigenvalue weighted by Crippen LogP contribution is 2.27. The lowest BCUT2D eigenvalue weighted by Crippen LogP contribution is -2.10. The molecular weight excluding hydrogens is 306 g/mol. The third kappa shape index (κ3) is 4.45. The molecule has 0 atom stereocenters. The molecule has 0 spiro atoms. The summed E-state index contributed by atoms with van der Waals surface area (Å²) in [6.07, 6.45) is 1.87. The summed E-state index contributed by atoms with van der Waals surface area (Å²) in [7, 11) is 1.71. The van der Waals surface area contributed by atoms with Gasteiger partial charge in [0, 0.05) is 25.0 Å². The quantitative estimate of drug-likeness (QED) is 0.434. The first-order valence-corrected chi connectivity index (χ1v) is 8.72. The molecule has 0 N–H and O–H groups in total. The number of hydrogen-bond donors (Lipinski definition) is 0. The monoisotopic (exact) mass is 331 g/mol. The minimum atomic E-state index is 0.147. The van der Waals surface area contributed by atoms with Crippen LogP contribution in [0.2, 0.25) is 0 Å². The molecule has 5 heteroatoms. The van der Waals surface area contributed by atoms with E-state index in [1.807, 2.05) is 6.08 Å². The Labute approximate surface area is 143 Å². The fourth-order valence-corrected chi connectivity index (χ4v) is 3.09. The van der Waals surface area contributed by atoms with E-state index in [9.17, 15) is 0 Å². The first kappa shape index (κ1) is 17.8. The summed E-state index contributed by atoms with van der Waals surface area (Å²) in [5.41, 5.74) is 2.53. The molecule has 0 saturated carbocycles. The summed E-state index contributed by atoms with van der Waals surface area (Å²) in [5.74, 6) is 1.74. The second kappa shape index (κ2) is 7.79. The first-order chi connectivity index (χ1) is 11.0. The minimum Gasteiger partial charge on any atom is -0.384 e. The largest absolute Gasteiger partial charge is 0.384 e. The second-order valence-corrected chi connectivity index (χ2v) is 7.44. The van der Waals surface area contributed by atoms with E-state index in [1.54, 1.807) is 18.9 Å². The number of nitrogens with zero attached hydrogens (tertiary/aromatic N) is 3. The van der Waals surface area contributed by atoms with Gasteiger partial charge in [0.2, 0.25) is 0 Å². The predicted molar refractivity (Wildman–Crippen MR) is 97.0 cm³/mol. The van der Waals surface area contributed by atoms with Crippen molar-refractivity contribution >= 4 is 11.8 Å². The first-order valence-electron chi connectivity index (χ1n) is 7.74. The molecule has 1 heterocycles. The van der Waals surface area contributed by atoms with Crippen molar-refractivity contribution in [3.63, 3.8) is 0 Å². The molecule has 1 aromatic heterocycles. The summed E-state index contributed by atoms with van der Waals surface area (Å²) in [6, 6.07) is 8.57. The molecule has 0 fully saturated rings. The third-order valence-corrected chi connectivity index (χ3v) is 4.49. The van der Waals surface area contributed by atoms with Gasteiger partial charge in [0.15, 0.2) is 11.0 Å². The van der Waals surface area contributed by atoms with Gasteiger partial charge in [-0.2, -0.15) is 0 Å². The van der Waals surface area contributed by atoms with Crippen LogP contribution >= 0.6 is 11.8 Å². The molecule has 0 bridgehead atoms. The van der Waals surface area contributed by atoms with E-state index in [-0.39, 0.29) is 5.41 Å². The molecule has 124 valence electrons. The van der Waals surface area contributed by atoms with Gasteiger partial charge in [-0.25, -0.2) is 0 Å². The van der Waals surface area contributed by atoms with E-state index in [2.05, 4.69) is 66.4 Å². The van der Waals surface area contributed by atoms with Crippen LogP contribution in [-0.4, -0.2) is 34.2 Å². The number of hydrogen-bond acceptors (Lipinski definition) is 4. The lowest BCUT2D eigenvalue weighted by Gasteiger charge is -2.19. The Balaban J connectivity index is 2.29. The highest BCUT2D eigenvalue weighted by atomic mass is 32.2. The number of ether oxygens (including phenoxy) is 1. The van der Waals surface area contributed by atoms with Crippen LogP contribution in [0.1, 0.15) is 26.3 Å². The van der Waals surface area contributed by atoms with Crippen molar-refractivity contribution in [2.75, 3.05) is 19.5 Å². The standard InChI is InChI=1S/C18H25N3OS/c1-6-11-21-16(19-20-17(21)23-13-12-22-5)14-7-9-15(10-8-14)18(2,3)4/h6-10H,1,11-13H2,2-5H3. The van der Waals surface area contributed by atoms with Gasteiger partial charge in [-0.15, -0.1) is 16.8 Å². The maximum absolute atomic E-state index is 5.10. The van der Waals surface area contributed by atoms with E-state index in [4.69, 9.17) is 4.74 Å². The maximum atomic E-state index is 5.10. The number of rotatable bonds is 7. The number of benzene rings is 1. The zero-order valence-electron chi connectivity index (χ0n) is 14.4. The van der Waals surface area contributed by atoms with Crippen molar-refractivity contribution in [3.8, 4) is 11.4 Å². The summed E-state index contributed by atoms with van der Waals surface area (Å²) in [4.78, 5) is 0. The molecule has 0 saturated heterocycles. The van der Waals surface area contributed by atoms with Crippen molar-refractivity contribution in [1.29, 1.82) is 0 Å². The SMILES string of the molecule is C=CCn1c(SCCOC)nnc1-c1ccc(C(C)(C)C)cc1. The molecule has 0 unspecified atom stereocenters. The fraction of sp³-hybridized carbons (Fsp3) is 0.444. The zero-order valence-corrected chi connectivity index (χ0v) is 15.2. The Morgan fingerprint density at radius 1 is 1.22 bits per heavy atom. The maximum Gasteiger partial charge on any atom is 0.191 e. The zero-order chi connectivity index (χ0) is 16.9. The van der Waals surface area contributed by atoms with E-state index in [0.29, 0.717) is 13.2 Å². The Morgan fingerprint density at radius 3 is 2.48 bits per heavy atom. The molecule has 2 rings (SSSR count). The van der Waals surface area contributed by atoms with Crippen molar-refractivity contribution in [3.05, 3.63) is 42.5 Å². The smallest absolute Gasteiger partial charge is 0.191 e. The molecule has 2 aromatic rings. The van der Waals surface area contributed by atoms with Crippen LogP contribution in [0.5, 0.6) is 0 Å². The summed E-state index contributed by atoms with van der Waals surface area (Å²) >= 11 is 1.65. The highest BCUT2D eigenvalue weighted by Gasteiger charge is 2.16. The van der Waals surface area contributed by atoms with E-state index >= 15 is 0 Å². The molecule has 0 radical (unpaired) electrons. The van der Waals surface area contributed by atoms with Crippen LogP contribution in [0.25, 0.3) is 11.4 Å². The lowest BCUT2D eigenvalue weighted by molar-refractivity contribution is 0.218. The van der Waals surface area contributed by atoms with Crippen LogP contribution in [0.15, 0.2) is 42.1 Å². The Hall–Kier alpha value is -1.59. The van der Waals surface area contributed by atoms with Gasteiger partial charge in [0.05, 0.1) is 6.61 Å². The second-order valence-electron chi connectivity index (χ2n) is 6.37. The van der Waals surface area contributed by atoms with Gasteiger partial charge in [0.1, 0.15) is 0 Å².